The molecule has 8 heteroatoms. The molecule has 3 aromatic heterocycles. The zero-order valence-corrected chi connectivity index (χ0v) is 56.0. The summed E-state index contributed by atoms with van der Waals surface area (Å²) in [6.07, 6.45) is 0. The molecule has 0 aliphatic heterocycles. The fourth-order valence-corrected chi connectivity index (χ4v) is 17.8. The van der Waals surface area contributed by atoms with Crippen molar-refractivity contribution in [1.29, 1.82) is 0 Å². The lowest BCUT2D eigenvalue weighted by Gasteiger charge is -2.32. The minimum Gasteiger partial charge on any atom is -0.436 e. The van der Waals surface area contributed by atoms with Gasteiger partial charge in [-0.1, -0.05) is 218 Å². The Kier molecular flexibility index (Phi) is 12.5. The van der Waals surface area contributed by atoms with E-state index in [-0.39, 0.29) is 0 Å². The Morgan fingerprint density at radius 3 is 0.760 bits per heavy atom. The molecule has 15 aromatic carbocycles. The summed E-state index contributed by atoms with van der Waals surface area (Å²) in [5, 5.41) is 0. The van der Waals surface area contributed by atoms with Crippen LogP contribution in [0.15, 0.2) is 361 Å². The summed E-state index contributed by atoms with van der Waals surface area (Å²) in [6, 6.07) is 127. The second kappa shape index (κ2) is 22.3. The topological polar surface area (TPSA) is 84.3 Å². The van der Waals surface area contributed by atoms with Crippen LogP contribution in [0, 0.1) is 0 Å². The number of nitrogens with zero attached hydrogens (tertiary/aromatic N) is 6. The Labute approximate surface area is 599 Å². The molecule has 104 heavy (non-hydrogen) atoms. The van der Waals surface area contributed by atoms with Crippen molar-refractivity contribution in [3.8, 4) is 89.9 Å². The zero-order valence-electron chi connectivity index (χ0n) is 56.0. The van der Waals surface area contributed by atoms with E-state index in [4.69, 9.17) is 28.8 Å². The van der Waals surface area contributed by atoms with Crippen LogP contribution in [0.25, 0.3) is 123 Å². The van der Waals surface area contributed by atoms with Crippen LogP contribution in [0.3, 0.4) is 0 Å². The van der Waals surface area contributed by atoms with Crippen LogP contribution in [-0.2, 0) is 10.8 Å². The molecule has 18 aromatic rings. The van der Waals surface area contributed by atoms with E-state index in [9.17, 15) is 0 Å². The molecule has 2 spiro atoms. The standard InChI is InChI=1S/C96H58N6O2/c1-7-25-77-69(19-1)70-20-2-8-26-78(70)95(77)81-29-11-5-23-73(81)75-55-53-67(57-83(75)95)101(65-49-41-61(42-50-65)93-99-87-33-15-17-35-89(87)103-93)63-45-37-59(38-46-63)91-92(98-86-32-14-13-31-85(86)97-91)60-39-47-64(48-40-60)102(66-51-43-62(44-52-66)94-100-88-34-16-18-36-90(88)104-94)68-54-56-76-74-24-6-12-30-82(74)96(84(76)58-68)79-27-9-3-21-71(79)72-22-4-10-28-80(72)96/h1-58H. The first-order valence-electron chi connectivity index (χ1n) is 35.4. The average Bonchev–Trinajstić information content (AvgIpc) is 1.52. The predicted octanol–water partition coefficient (Wildman–Crippen LogP) is 24.2. The van der Waals surface area contributed by atoms with Crippen molar-refractivity contribution in [1.82, 2.24) is 19.9 Å². The SMILES string of the molecule is c1ccc2c(c1)-c1ccccc1C21c2ccccc2-c2ccc(N(c3ccc(-c4nc5ccccc5o4)cc3)c3ccc(-c4nc5ccccc5nc4-c4ccc(N(c5ccc(-c6nc7ccccc7o6)cc5)c5ccc6c(c5)C5(c7ccccc7-c7ccccc75)c5ccccc5-6)cc4)cc3)cc21. The van der Waals surface area contributed by atoms with E-state index in [0.29, 0.717) is 11.8 Å². The molecule has 0 atom stereocenters. The van der Waals surface area contributed by atoms with Gasteiger partial charge in [0.1, 0.15) is 11.0 Å². The molecular weight excluding hydrogens is 1270 g/mol. The third-order valence-electron chi connectivity index (χ3n) is 22.2. The number of benzene rings is 15. The van der Waals surface area contributed by atoms with Crippen molar-refractivity contribution in [3.63, 3.8) is 0 Å². The molecule has 0 saturated carbocycles. The number of hydrogen-bond donors (Lipinski definition) is 0. The smallest absolute Gasteiger partial charge is 0.227 e. The highest BCUT2D eigenvalue weighted by molar-refractivity contribution is 5.99. The molecule has 4 aliphatic rings. The van der Waals surface area contributed by atoms with Crippen LogP contribution >= 0.6 is 0 Å². The maximum atomic E-state index is 6.33. The van der Waals surface area contributed by atoms with Crippen LogP contribution in [0.4, 0.5) is 34.1 Å². The molecule has 4 aliphatic carbocycles. The highest BCUT2D eigenvalue weighted by Gasteiger charge is 2.53. The summed E-state index contributed by atoms with van der Waals surface area (Å²) in [5.74, 6) is 1.15. The van der Waals surface area contributed by atoms with Gasteiger partial charge in [0.2, 0.25) is 11.8 Å². The second-order valence-electron chi connectivity index (χ2n) is 27.5. The van der Waals surface area contributed by atoms with E-state index in [1.54, 1.807) is 0 Å². The molecule has 3 heterocycles. The Bertz CT molecular complexity index is 5980. The van der Waals surface area contributed by atoms with Gasteiger partial charge in [-0.2, -0.15) is 0 Å². The first kappa shape index (κ1) is 58.0. The predicted molar refractivity (Wildman–Crippen MR) is 418 cm³/mol. The highest BCUT2D eigenvalue weighted by Crippen LogP contribution is 2.65. The molecule has 484 valence electrons. The molecule has 8 nitrogen and oxygen atoms in total. The number of anilines is 6. The normalized spacial score (nSPS) is 13.3. The van der Waals surface area contributed by atoms with E-state index < -0.39 is 10.8 Å². The summed E-state index contributed by atoms with van der Waals surface area (Å²) in [7, 11) is 0. The minimum absolute atomic E-state index is 0.530. The molecule has 0 bridgehead atoms. The van der Waals surface area contributed by atoms with Crippen molar-refractivity contribution < 1.29 is 8.83 Å². The fraction of sp³-hybridized carbons (Fsp3) is 0.0208. The van der Waals surface area contributed by atoms with Crippen LogP contribution in [0.1, 0.15) is 44.5 Å². The van der Waals surface area contributed by atoms with Gasteiger partial charge in [-0.3, -0.25) is 0 Å². The Hall–Kier alpha value is -13.8. The van der Waals surface area contributed by atoms with E-state index in [1.807, 2.05) is 60.7 Å². The number of para-hydroxylation sites is 6. The quantitative estimate of drug-likeness (QED) is 0.134. The number of oxazole rings is 2. The Balaban J connectivity index is 0.674. The molecule has 0 N–H and O–H groups in total. The van der Waals surface area contributed by atoms with Gasteiger partial charge >= 0.3 is 0 Å². The van der Waals surface area contributed by atoms with E-state index >= 15 is 0 Å². The van der Waals surface area contributed by atoms with E-state index in [1.165, 1.54) is 89.0 Å². The van der Waals surface area contributed by atoms with Gasteiger partial charge in [-0.15, -0.1) is 0 Å². The summed E-state index contributed by atoms with van der Waals surface area (Å²) in [5.41, 5.74) is 35.2. The van der Waals surface area contributed by atoms with Gasteiger partial charge in [-0.25, -0.2) is 19.9 Å². The Morgan fingerprint density at radius 2 is 0.452 bits per heavy atom. The van der Waals surface area contributed by atoms with Gasteiger partial charge in [0.05, 0.1) is 33.3 Å². The first-order chi connectivity index (χ1) is 51.5. The van der Waals surface area contributed by atoms with E-state index in [0.717, 1.165) is 101 Å². The zero-order chi connectivity index (χ0) is 68.2. The average molecular weight is 1330 g/mol. The van der Waals surface area contributed by atoms with Crippen LogP contribution in [0.5, 0.6) is 0 Å². The van der Waals surface area contributed by atoms with Gasteiger partial charge in [-0.05, 0) is 222 Å². The number of hydrogen-bond acceptors (Lipinski definition) is 8. The molecule has 0 radical (unpaired) electrons. The lowest BCUT2D eigenvalue weighted by molar-refractivity contribution is 0.619. The molecular formula is C96H58N6O2. The van der Waals surface area contributed by atoms with Crippen LogP contribution < -0.4 is 9.80 Å². The van der Waals surface area contributed by atoms with Crippen molar-refractivity contribution in [3.05, 3.63) is 396 Å². The fourth-order valence-electron chi connectivity index (χ4n) is 17.8. The third kappa shape index (κ3) is 8.36. The number of fused-ring (bicyclic) bond motifs is 23. The number of aromatic nitrogens is 4. The second-order valence-corrected chi connectivity index (χ2v) is 27.5. The summed E-state index contributed by atoms with van der Waals surface area (Å²) in [6.45, 7) is 0. The molecule has 0 fully saturated rings. The maximum absolute atomic E-state index is 6.33. The monoisotopic (exact) mass is 1330 g/mol. The largest absolute Gasteiger partial charge is 0.436 e. The third-order valence-corrected chi connectivity index (χ3v) is 22.2. The maximum Gasteiger partial charge on any atom is 0.227 e. The molecule has 0 unspecified atom stereocenters. The lowest BCUT2D eigenvalue weighted by atomic mass is 9.70. The van der Waals surface area contributed by atoms with Crippen LogP contribution in [-0.4, -0.2) is 19.9 Å². The van der Waals surface area contributed by atoms with E-state index in [2.05, 4.69) is 301 Å². The molecule has 0 amide bonds. The van der Waals surface area contributed by atoms with Gasteiger partial charge in [0, 0.05) is 56.4 Å². The van der Waals surface area contributed by atoms with Crippen LogP contribution in [0.2, 0.25) is 0 Å². The first-order valence-corrected chi connectivity index (χ1v) is 35.4. The van der Waals surface area contributed by atoms with Gasteiger partial charge in [0.15, 0.2) is 11.2 Å². The van der Waals surface area contributed by atoms with Crippen molar-refractivity contribution in [2.45, 2.75) is 10.8 Å². The molecule has 22 rings (SSSR count). The minimum atomic E-state index is -0.530. The molecule has 0 saturated heterocycles. The van der Waals surface area contributed by atoms with Gasteiger partial charge < -0.3 is 18.6 Å². The number of rotatable bonds is 10. The summed E-state index contributed by atoms with van der Waals surface area (Å²) < 4.78 is 12.7. The van der Waals surface area contributed by atoms with Crippen molar-refractivity contribution in [2.75, 3.05) is 9.80 Å². The summed E-state index contributed by atoms with van der Waals surface area (Å²) >= 11 is 0. The lowest BCUT2D eigenvalue weighted by Crippen LogP contribution is -2.26. The van der Waals surface area contributed by atoms with Crippen molar-refractivity contribution in [2.24, 2.45) is 0 Å². The highest BCUT2D eigenvalue weighted by atomic mass is 16.4. The Morgan fingerprint density at radius 1 is 0.202 bits per heavy atom. The van der Waals surface area contributed by atoms with Gasteiger partial charge in [0.25, 0.3) is 0 Å². The summed E-state index contributed by atoms with van der Waals surface area (Å²) in [4.78, 5) is 25.5. The van der Waals surface area contributed by atoms with Crippen molar-refractivity contribution >= 4 is 67.4 Å².